The molecular weight excluding hydrogens is 701 g/mol. The van der Waals surface area contributed by atoms with Gasteiger partial charge in [-0.15, -0.1) is 0 Å². The maximum Gasteiger partial charge on any atom is 0.0561 e. The summed E-state index contributed by atoms with van der Waals surface area (Å²) in [6.45, 7) is 0. The van der Waals surface area contributed by atoms with Gasteiger partial charge < -0.3 is 9.47 Å². The van der Waals surface area contributed by atoms with E-state index < -0.39 is 0 Å². The monoisotopic (exact) mass is 738 g/mol. The Kier molecular flexibility index (Phi) is 8.19. The van der Waals surface area contributed by atoms with Gasteiger partial charge in [-0.2, -0.15) is 0 Å². The van der Waals surface area contributed by atoms with E-state index in [4.69, 9.17) is 0 Å². The molecule has 272 valence electrons. The van der Waals surface area contributed by atoms with Gasteiger partial charge in [0.1, 0.15) is 0 Å². The van der Waals surface area contributed by atoms with Crippen LogP contribution in [0.5, 0.6) is 0 Å². The van der Waals surface area contributed by atoms with Gasteiger partial charge in [-0.05, 0) is 116 Å². The van der Waals surface area contributed by atoms with E-state index in [0.717, 1.165) is 22.7 Å². The fourth-order valence-electron chi connectivity index (χ4n) is 8.69. The zero-order valence-corrected chi connectivity index (χ0v) is 31.8. The van der Waals surface area contributed by atoms with Gasteiger partial charge in [-0.1, -0.05) is 164 Å². The highest BCUT2D eigenvalue weighted by molar-refractivity contribution is 6.10. The summed E-state index contributed by atoms with van der Waals surface area (Å²) in [6, 6.07) is 83.7. The molecule has 0 aliphatic rings. The van der Waals surface area contributed by atoms with Crippen LogP contribution in [0.2, 0.25) is 0 Å². The Morgan fingerprint density at radius 2 is 0.810 bits per heavy atom. The number of hydrogen-bond donors (Lipinski definition) is 0. The van der Waals surface area contributed by atoms with Gasteiger partial charge in [-0.3, -0.25) is 0 Å². The van der Waals surface area contributed by atoms with Crippen LogP contribution in [0.1, 0.15) is 0 Å². The topological polar surface area (TPSA) is 8.17 Å². The molecule has 1 heterocycles. The van der Waals surface area contributed by atoms with Crippen molar-refractivity contribution in [3.63, 3.8) is 0 Å². The highest BCUT2D eigenvalue weighted by atomic mass is 15.1. The zero-order chi connectivity index (χ0) is 38.4. The number of fused-ring (bicyclic) bond motifs is 5. The average molecular weight is 739 g/mol. The van der Waals surface area contributed by atoms with Crippen molar-refractivity contribution in [1.29, 1.82) is 0 Å². The predicted molar refractivity (Wildman–Crippen MR) is 247 cm³/mol. The fourth-order valence-corrected chi connectivity index (χ4v) is 8.69. The van der Waals surface area contributed by atoms with Gasteiger partial charge in [0, 0.05) is 33.4 Å². The molecule has 11 rings (SSSR count). The largest absolute Gasteiger partial charge is 0.310 e. The summed E-state index contributed by atoms with van der Waals surface area (Å²) in [6.07, 6.45) is 0. The molecule has 0 amide bonds. The molecule has 0 unspecified atom stereocenters. The van der Waals surface area contributed by atoms with E-state index in [0.29, 0.717) is 0 Å². The van der Waals surface area contributed by atoms with Crippen molar-refractivity contribution >= 4 is 60.4 Å². The molecule has 0 saturated carbocycles. The number of nitrogens with zero attached hydrogens (tertiary/aromatic N) is 2. The molecule has 0 radical (unpaired) electrons. The first-order valence-electron chi connectivity index (χ1n) is 19.9. The molecule has 0 bridgehead atoms. The van der Waals surface area contributed by atoms with Crippen LogP contribution in [-0.4, -0.2) is 4.57 Å². The lowest BCUT2D eigenvalue weighted by atomic mass is 9.96. The maximum absolute atomic E-state index is 2.41. The van der Waals surface area contributed by atoms with Gasteiger partial charge in [0.2, 0.25) is 0 Å². The summed E-state index contributed by atoms with van der Waals surface area (Å²) in [5, 5.41) is 7.46. The Hall–Kier alpha value is -7.68. The smallest absolute Gasteiger partial charge is 0.0561 e. The lowest BCUT2D eigenvalue weighted by Crippen LogP contribution is -2.11. The number of rotatable bonds is 7. The van der Waals surface area contributed by atoms with Crippen molar-refractivity contribution in [3.05, 3.63) is 231 Å². The normalized spacial score (nSPS) is 11.4. The summed E-state index contributed by atoms with van der Waals surface area (Å²) >= 11 is 0. The van der Waals surface area contributed by atoms with Gasteiger partial charge >= 0.3 is 0 Å². The second-order valence-corrected chi connectivity index (χ2v) is 15.0. The first-order chi connectivity index (χ1) is 28.7. The third-order valence-electron chi connectivity index (χ3n) is 11.5. The summed E-state index contributed by atoms with van der Waals surface area (Å²) in [5.41, 5.74) is 14.0. The third kappa shape index (κ3) is 5.91. The second-order valence-electron chi connectivity index (χ2n) is 15.0. The fraction of sp³-hybridized carbons (Fsp3) is 0. The van der Waals surface area contributed by atoms with Crippen LogP contribution in [0.4, 0.5) is 17.1 Å². The van der Waals surface area contributed by atoms with Gasteiger partial charge in [-0.25, -0.2) is 0 Å². The van der Waals surface area contributed by atoms with Gasteiger partial charge in [0.25, 0.3) is 0 Å². The minimum atomic E-state index is 1.09. The van der Waals surface area contributed by atoms with Crippen LogP contribution in [0.15, 0.2) is 231 Å². The van der Waals surface area contributed by atoms with Crippen molar-refractivity contribution in [2.75, 3.05) is 4.90 Å². The Labute approximate surface area is 338 Å². The summed E-state index contributed by atoms with van der Waals surface area (Å²) in [7, 11) is 0. The average Bonchev–Trinajstić information content (AvgIpc) is 3.63. The second kappa shape index (κ2) is 14.1. The van der Waals surface area contributed by atoms with E-state index in [1.165, 1.54) is 76.7 Å². The van der Waals surface area contributed by atoms with Gasteiger partial charge in [0.15, 0.2) is 0 Å². The van der Waals surface area contributed by atoms with E-state index in [2.05, 4.69) is 240 Å². The predicted octanol–water partition coefficient (Wildman–Crippen LogP) is 15.6. The summed E-state index contributed by atoms with van der Waals surface area (Å²) in [4.78, 5) is 2.41. The Morgan fingerprint density at radius 3 is 1.55 bits per heavy atom. The highest BCUT2D eigenvalue weighted by Gasteiger charge is 2.20. The van der Waals surface area contributed by atoms with E-state index in [-0.39, 0.29) is 0 Å². The number of anilines is 3. The summed E-state index contributed by atoms with van der Waals surface area (Å²) in [5.74, 6) is 0. The SMILES string of the molecule is c1ccc(-c2ccccc2N(c2ccc(-c3ccc4cc(-c5ccc6ccccc6c5)ccc4c3)cc2)c2ccc3c4ccccc4n(-c4ccccc4)c3c2)cc1. The molecule has 0 atom stereocenters. The van der Waals surface area contributed by atoms with E-state index in [9.17, 15) is 0 Å². The van der Waals surface area contributed by atoms with Gasteiger partial charge in [0.05, 0.1) is 16.7 Å². The molecule has 0 aliphatic carbocycles. The Balaban J connectivity index is 1.01. The van der Waals surface area contributed by atoms with Crippen LogP contribution in [0.25, 0.3) is 82.4 Å². The van der Waals surface area contributed by atoms with Crippen LogP contribution in [-0.2, 0) is 0 Å². The van der Waals surface area contributed by atoms with Crippen LogP contribution in [0.3, 0.4) is 0 Å². The van der Waals surface area contributed by atoms with E-state index in [1.54, 1.807) is 0 Å². The lowest BCUT2D eigenvalue weighted by molar-refractivity contribution is 1.18. The van der Waals surface area contributed by atoms with Crippen molar-refractivity contribution in [3.8, 4) is 39.1 Å². The van der Waals surface area contributed by atoms with E-state index in [1.807, 2.05) is 0 Å². The molecule has 58 heavy (non-hydrogen) atoms. The Bertz CT molecular complexity index is 3270. The molecular formula is C56H38N2. The quantitative estimate of drug-likeness (QED) is 0.158. The molecule has 0 spiro atoms. The van der Waals surface area contributed by atoms with Crippen LogP contribution >= 0.6 is 0 Å². The maximum atomic E-state index is 2.41. The lowest BCUT2D eigenvalue weighted by Gasteiger charge is -2.28. The van der Waals surface area contributed by atoms with Crippen molar-refractivity contribution in [2.24, 2.45) is 0 Å². The highest BCUT2D eigenvalue weighted by Crippen LogP contribution is 2.44. The minimum absolute atomic E-state index is 1.09. The number of para-hydroxylation sites is 3. The summed E-state index contributed by atoms with van der Waals surface area (Å²) < 4.78 is 2.39. The molecule has 2 heteroatoms. The number of aromatic nitrogens is 1. The molecule has 11 aromatic rings. The number of benzene rings is 10. The number of hydrogen-bond acceptors (Lipinski definition) is 1. The molecule has 10 aromatic carbocycles. The first kappa shape index (κ1) is 33.6. The minimum Gasteiger partial charge on any atom is -0.310 e. The van der Waals surface area contributed by atoms with Crippen molar-refractivity contribution in [1.82, 2.24) is 4.57 Å². The molecule has 2 nitrogen and oxygen atoms in total. The molecule has 0 fully saturated rings. The third-order valence-corrected chi connectivity index (χ3v) is 11.5. The van der Waals surface area contributed by atoms with E-state index >= 15 is 0 Å². The molecule has 0 saturated heterocycles. The molecule has 1 aromatic heterocycles. The molecule has 0 N–H and O–H groups in total. The molecule has 0 aliphatic heterocycles. The van der Waals surface area contributed by atoms with Crippen LogP contribution < -0.4 is 4.90 Å². The van der Waals surface area contributed by atoms with Crippen molar-refractivity contribution in [2.45, 2.75) is 0 Å². The van der Waals surface area contributed by atoms with Crippen molar-refractivity contribution < 1.29 is 0 Å². The Morgan fingerprint density at radius 1 is 0.293 bits per heavy atom. The standard InChI is InChI=1S/C56H38N2/c1-3-14-41(15-4-1)51-19-9-11-21-54(51)57(50-33-34-53-52-20-10-12-22-55(52)58(56(53)38-50)48-17-5-2-6-18-48)49-31-29-40(30-32-49)43-25-26-46-37-47(28-27-45(46)36-43)44-24-23-39-13-7-8-16-42(39)35-44/h1-38H. The first-order valence-corrected chi connectivity index (χ1v) is 19.9. The zero-order valence-electron chi connectivity index (χ0n) is 31.8. The van der Waals surface area contributed by atoms with Crippen LogP contribution in [0, 0.1) is 0 Å².